The Labute approximate surface area is 136 Å². The summed E-state index contributed by atoms with van der Waals surface area (Å²) in [6.07, 6.45) is 0.836. The molecule has 0 saturated carbocycles. The molecule has 4 nitrogen and oxygen atoms in total. The van der Waals surface area contributed by atoms with Crippen molar-refractivity contribution >= 4 is 39.9 Å². The predicted octanol–water partition coefficient (Wildman–Crippen LogP) is 4.16. The molecule has 22 heavy (non-hydrogen) atoms. The Kier molecular flexibility index (Phi) is 3.56. The highest BCUT2D eigenvalue weighted by Crippen LogP contribution is 2.36. The maximum Gasteiger partial charge on any atom is 0.307 e. The van der Waals surface area contributed by atoms with Gasteiger partial charge < -0.3 is 0 Å². The molecule has 110 valence electrons. The van der Waals surface area contributed by atoms with E-state index in [1.807, 2.05) is 23.2 Å². The molecule has 0 radical (unpaired) electrons. The minimum absolute atomic E-state index is 0.122. The van der Waals surface area contributed by atoms with Gasteiger partial charge in [0, 0.05) is 11.3 Å². The number of thiophene rings is 1. The van der Waals surface area contributed by atoms with Gasteiger partial charge in [-0.15, -0.1) is 11.3 Å². The third kappa shape index (κ3) is 2.48. The standard InChI is InChI=1S/C16H13N3OS2/c20-16-17-15(10-22-16)19-13(14-7-4-8-21-14)9-12(18-19)11-5-2-1-3-6-11/h1-8,13H,9-10H2. The van der Waals surface area contributed by atoms with Crippen LogP contribution >= 0.6 is 23.1 Å². The molecule has 1 atom stereocenters. The zero-order chi connectivity index (χ0) is 14.9. The lowest BCUT2D eigenvalue weighted by Gasteiger charge is -2.21. The lowest BCUT2D eigenvalue weighted by atomic mass is 10.0. The number of benzene rings is 1. The third-order valence-corrected chi connectivity index (χ3v) is 5.41. The Morgan fingerprint density at radius 1 is 1.14 bits per heavy atom. The minimum atomic E-state index is -0.122. The van der Waals surface area contributed by atoms with Crippen LogP contribution in [0.1, 0.15) is 22.9 Å². The van der Waals surface area contributed by atoms with Crippen LogP contribution in [0.25, 0.3) is 0 Å². The molecule has 0 N–H and O–H groups in total. The van der Waals surface area contributed by atoms with Crippen LogP contribution in [-0.4, -0.2) is 27.5 Å². The number of amides is 1. The van der Waals surface area contributed by atoms with Gasteiger partial charge >= 0.3 is 5.24 Å². The first kappa shape index (κ1) is 13.7. The summed E-state index contributed by atoms with van der Waals surface area (Å²) < 4.78 is 0. The van der Waals surface area contributed by atoms with E-state index in [9.17, 15) is 4.79 Å². The van der Waals surface area contributed by atoms with Crippen LogP contribution in [0.5, 0.6) is 0 Å². The smallest absolute Gasteiger partial charge is 0.259 e. The highest BCUT2D eigenvalue weighted by molar-refractivity contribution is 8.14. The quantitative estimate of drug-likeness (QED) is 0.832. The molecule has 1 amide bonds. The summed E-state index contributed by atoms with van der Waals surface area (Å²) in [6.45, 7) is 0. The van der Waals surface area contributed by atoms with E-state index in [1.54, 1.807) is 11.3 Å². The average molecular weight is 327 g/mol. The number of aliphatic imine (C=N–C) groups is 1. The Morgan fingerprint density at radius 3 is 2.68 bits per heavy atom. The van der Waals surface area contributed by atoms with E-state index in [2.05, 4.69) is 34.6 Å². The molecule has 6 heteroatoms. The first-order valence-corrected chi connectivity index (χ1v) is 8.87. The largest absolute Gasteiger partial charge is 0.307 e. The van der Waals surface area contributed by atoms with Crippen LogP contribution in [0, 0.1) is 0 Å². The van der Waals surface area contributed by atoms with Crippen molar-refractivity contribution in [1.82, 2.24) is 5.01 Å². The van der Waals surface area contributed by atoms with Crippen LogP contribution in [0.15, 0.2) is 57.9 Å². The number of hydrogen-bond acceptors (Lipinski definition) is 5. The van der Waals surface area contributed by atoms with E-state index in [0.717, 1.165) is 23.5 Å². The second kappa shape index (κ2) is 5.70. The highest BCUT2D eigenvalue weighted by atomic mass is 32.2. The molecule has 0 fully saturated rings. The number of carbonyl (C=O) groups is 1. The molecular weight excluding hydrogens is 314 g/mol. The van der Waals surface area contributed by atoms with E-state index in [0.29, 0.717) is 5.75 Å². The van der Waals surface area contributed by atoms with Gasteiger partial charge in [-0.25, -0.2) is 5.01 Å². The number of hydrazone groups is 1. The van der Waals surface area contributed by atoms with Crippen molar-refractivity contribution in [3.63, 3.8) is 0 Å². The molecule has 0 saturated heterocycles. The molecule has 4 rings (SSSR count). The molecule has 3 heterocycles. The van der Waals surface area contributed by atoms with Crippen molar-refractivity contribution in [2.24, 2.45) is 10.1 Å². The zero-order valence-electron chi connectivity index (χ0n) is 11.7. The molecule has 1 aromatic heterocycles. The van der Waals surface area contributed by atoms with Crippen LogP contribution < -0.4 is 0 Å². The number of nitrogens with zero attached hydrogens (tertiary/aromatic N) is 3. The van der Waals surface area contributed by atoms with Crippen LogP contribution in [0.3, 0.4) is 0 Å². The fraction of sp³-hybridized carbons (Fsp3) is 0.188. The van der Waals surface area contributed by atoms with Crippen LogP contribution in [-0.2, 0) is 0 Å². The Hall–Kier alpha value is -1.92. The van der Waals surface area contributed by atoms with Gasteiger partial charge in [0.2, 0.25) is 0 Å². The SMILES string of the molecule is O=C1N=C(N2N=C(c3ccccc3)CC2c2cccs2)CS1. The van der Waals surface area contributed by atoms with Crippen molar-refractivity contribution in [2.75, 3.05) is 5.75 Å². The van der Waals surface area contributed by atoms with Gasteiger partial charge in [0.15, 0.2) is 0 Å². The summed E-state index contributed by atoms with van der Waals surface area (Å²) in [5.74, 6) is 1.37. The molecular formula is C16H13N3OS2. The van der Waals surface area contributed by atoms with Crippen LogP contribution in [0.2, 0.25) is 0 Å². The lowest BCUT2D eigenvalue weighted by molar-refractivity contribution is 0.267. The Morgan fingerprint density at radius 2 is 2.00 bits per heavy atom. The van der Waals surface area contributed by atoms with E-state index in [4.69, 9.17) is 5.10 Å². The van der Waals surface area contributed by atoms with Gasteiger partial charge in [-0.3, -0.25) is 4.79 Å². The van der Waals surface area contributed by atoms with Crippen LogP contribution in [0.4, 0.5) is 4.79 Å². The monoisotopic (exact) mass is 327 g/mol. The number of amidine groups is 1. The van der Waals surface area contributed by atoms with Gasteiger partial charge in [-0.2, -0.15) is 10.1 Å². The number of thioether (sulfide) groups is 1. The second-order valence-electron chi connectivity index (χ2n) is 5.08. The first-order chi connectivity index (χ1) is 10.8. The molecule has 0 spiro atoms. The molecule has 0 aliphatic carbocycles. The summed E-state index contributed by atoms with van der Waals surface area (Å²) in [5, 5.41) is 8.66. The van der Waals surface area contributed by atoms with Gasteiger partial charge in [0.25, 0.3) is 0 Å². The van der Waals surface area contributed by atoms with E-state index >= 15 is 0 Å². The van der Waals surface area contributed by atoms with E-state index < -0.39 is 0 Å². The van der Waals surface area contributed by atoms with Crippen molar-refractivity contribution in [3.8, 4) is 0 Å². The number of carbonyl (C=O) groups excluding carboxylic acids is 1. The average Bonchev–Trinajstić information content (AvgIpc) is 3.27. The van der Waals surface area contributed by atoms with Crippen molar-refractivity contribution in [1.29, 1.82) is 0 Å². The van der Waals surface area contributed by atoms with Gasteiger partial charge in [-0.05, 0) is 17.0 Å². The summed E-state index contributed by atoms with van der Waals surface area (Å²) >= 11 is 2.96. The third-order valence-electron chi connectivity index (χ3n) is 3.70. The van der Waals surface area contributed by atoms with E-state index in [-0.39, 0.29) is 11.3 Å². The summed E-state index contributed by atoms with van der Waals surface area (Å²) in [5.41, 5.74) is 2.18. The fourth-order valence-electron chi connectivity index (χ4n) is 2.67. The fourth-order valence-corrected chi connectivity index (χ4v) is 4.10. The van der Waals surface area contributed by atoms with E-state index in [1.165, 1.54) is 16.6 Å². The molecule has 2 aliphatic heterocycles. The topological polar surface area (TPSA) is 45.0 Å². The highest BCUT2D eigenvalue weighted by Gasteiger charge is 2.34. The van der Waals surface area contributed by atoms with Crippen molar-refractivity contribution < 1.29 is 4.79 Å². The molecule has 1 aromatic carbocycles. The summed E-state index contributed by atoms with van der Waals surface area (Å²) in [4.78, 5) is 16.8. The number of hydrogen-bond donors (Lipinski definition) is 0. The number of rotatable bonds is 2. The molecule has 2 aliphatic rings. The second-order valence-corrected chi connectivity index (χ2v) is 6.98. The Bertz CT molecular complexity index is 753. The normalized spacial score (nSPS) is 21.2. The molecule has 2 aromatic rings. The lowest BCUT2D eigenvalue weighted by Crippen LogP contribution is -2.26. The van der Waals surface area contributed by atoms with Crippen molar-refractivity contribution in [2.45, 2.75) is 12.5 Å². The van der Waals surface area contributed by atoms with Gasteiger partial charge in [-0.1, -0.05) is 48.2 Å². The van der Waals surface area contributed by atoms with Crippen molar-refractivity contribution in [3.05, 3.63) is 58.3 Å². The van der Waals surface area contributed by atoms with Gasteiger partial charge in [0.1, 0.15) is 5.84 Å². The summed E-state index contributed by atoms with van der Waals surface area (Å²) in [6, 6.07) is 14.5. The zero-order valence-corrected chi connectivity index (χ0v) is 13.3. The Balaban J connectivity index is 1.71. The molecule has 0 bridgehead atoms. The van der Waals surface area contributed by atoms with Gasteiger partial charge in [0.05, 0.1) is 17.5 Å². The maximum absolute atomic E-state index is 11.5. The predicted molar refractivity (Wildman–Crippen MR) is 91.8 cm³/mol. The first-order valence-electron chi connectivity index (χ1n) is 7.01. The summed E-state index contributed by atoms with van der Waals surface area (Å²) in [7, 11) is 0. The maximum atomic E-state index is 11.5. The molecule has 1 unspecified atom stereocenters. The minimum Gasteiger partial charge on any atom is -0.259 e.